The van der Waals surface area contributed by atoms with Gasteiger partial charge in [0, 0.05) is 12.6 Å². The Morgan fingerprint density at radius 1 is 1.33 bits per heavy atom. The first-order valence-electron chi connectivity index (χ1n) is 5.30. The van der Waals surface area contributed by atoms with Crippen molar-refractivity contribution in [3.63, 3.8) is 0 Å². The molecule has 7 heteroatoms. The first kappa shape index (κ1) is 12.8. The predicted octanol–water partition coefficient (Wildman–Crippen LogP) is 3.24. The number of aryl methyl sites for hydroxylation is 1. The van der Waals surface area contributed by atoms with Crippen LogP contribution in [0.2, 0.25) is 0 Å². The number of oxazole rings is 1. The molecule has 4 nitrogen and oxygen atoms in total. The van der Waals surface area contributed by atoms with Crippen molar-refractivity contribution in [2.75, 3.05) is 11.9 Å². The topological polar surface area (TPSA) is 51.0 Å². The molecule has 2 heterocycles. The molecular formula is C11H11F2N3OS. The van der Waals surface area contributed by atoms with Crippen LogP contribution < -0.4 is 5.32 Å². The molecule has 0 aromatic carbocycles. The summed E-state index contributed by atoms with van der Waals surface area (Å²) in [6, 6.07) is 0.795. The molecule has 0 aliphatic rings. The van der Waals surface area contributed by atoms with E-state index in [1.54, 1.807) is 13.8 Å². The molecule has 2 aromatic rings. The van der Waals surface area contributed by atoms with E-state index in [4.69, 9.17) is 4.42 Å². The largest absolute Gasteiger partial charge is 0.439 e. The van der Waals surface area contributed by atoms with Crippen molar-refractivity contribution in [2.24, 2.45) is 0 Å². The van der Waals surface area contributed by atoms with Crippen molar-refractivity contribution in [2.45, 2.75) is 24.1 Å². The average Bonchev–Trinajstić information content (AvgIpc) is 2.71. The molecule has 2 rings (SSSR count). The summed E-state index contributed by atoms with van der Waals surface area (Å²) in [6.45, 7) is 4.05. The lowest BCUT2D eigenvalue weighted by Gasteiger charge is -2.06. The second kappa shape index (κ2) is 5.34. The van der Waals surface area contributed by atoms with Gasteiger partial charge in [-0.25, -0.2) is 18.7 Å². The van der Waals surface area contributed by atoms with Crippen LogP contribution in [0.1, 0.15) is 12.6 Å². The molecule has 0 radical (unpaired) electrons. The molecule has 0 spiro atoms. The van der Waals surface area contributed by atoms with Crippen LogP contribution in [-0.2, 0) is 0 Å². The fourth-order valence-corrected chi connectivity index (χ4v) is 2.02. The lowest BCUT2D eigenvalue weighted by Crippen LogP contribution is -2.04. The number of pyridine rings is 1. The first-order chi connectivity index (χ1) is 8.60. The van der Waals surface area contributed by atoms with Gasteiger partial charge in [-0.15, -0.1) is 0 Å². The van der Waals surface area contributed by atoms with Gasteiger partial charge in [-0.05, 0) is 25.6 Å². The van der Waals surface area contributed by atoms with Gasteiger partial charge in [0.05, 0.1) is 5.69 Å². The van der Waals surface area contributed by atoms with Crippen LogP contribution in [0.25, 0.3) is 0 Å². The number of nitrogens with zero attached hydrogens (tertiary/aromatic N) is 2. The minimum Gasteiger partial charge on any atom is -0.439 e. The van der Waals surface area contributed by atoms with Crippen LogP contribution >= 0.6 is 11.8 Å². The number of hydrogen-bond acceptors (Lipinski definition) is 5. The number of halogens is 2. The van der Waals surface area contributed by atoms with Crippen LogP contribution in [-0.4, -0.2) is 16.5 Å². The summed E-state index contributed by atoms with van der Waals surface area (Å²) >= 11 is 0.913. The molecule has 0 amide bonds. The average molecular weight is 271 g/mol. The van der Waals surface area contributed by atoms with E-state index >= 15 is 0 Å². The highest BCUT2D eigenvalue weighted by molar-refractivity contribution is 7.99. The molecule has 0 saturated carbocycles. The Balaban J connectivity index is 2.29. The van der Waals surface area contributed by atoms with Gasteiger partial charge < -0.3 is 9.73 Å². The third-order valence-electron chi connectivity index (χ3n) is 2.02. The van der Waals surface area contributed by atoms with E-state index < -0.39 is 11.6 Å². The molecule has 0 aliphatic carbocycles. The molecule has 0 atom stereocenters. The van der Waals surface area contributed by atoms with Gasteiger partial charge in [-0.3, -0.25) is 0 Å². The monoisotopic (exact) mass is 271 g/mol. The zero-order chi connectivity index (χ0) is 13.1. The van der Waals surface area contributed by atoms with Crippen LogP contribution in [0.4, 0.5) is 14.6 Å². The van der Waals surface area contributed by atoms with Crippen molar-refractivity contribution in [1.82, 2.24) is 9.97 Å². The molecule has 1 N–H and O–H groups in total. The van der Waals surface area contributed by atoms with Gasteiger partial charge in [0.25, 0.3) is 5.22 Å². The van der Waals surface area contributed by atoms with E-state index in [1.165, 1.54) is 6.26 Å². The van der Waals surface area contributed by atoms with Gasteiger partial charge >= 0.3 is 0 Å². The van der Waals surface area contributed by atoms with Crippen LogP contribution in [0.5, 0.6) is 0 Å². The molecule has 0 saturated heterocycles. The summed E-state index contributed by atoms with van der Waals surface area (Å²) in [6.07, 6.45) is 1.45. The van der Waals surface area contributed by atoms with Gasteiger partial charge in [-0.1, -0.05) is 0 Å². The normalized spacial score (nSPS) is 10.7. The van der Waals surface area contributed by atoms with Crippen molar-refractivity contribution < 1.29 is 13.2 Å². The molecule has 0 unspecified atom stereocenters. The maximum Gasteiger partial charge on any atom is 0.262 e. The summed E-state index contributed by atoms with van der Waals surface area (Å²) in [7, 11) is 0. The van der Waals surface area contributed by atoms with E-state index in [9.17, 15) is 8.78 Å². The highest BCUT2D eigenvalue weighted by Crippen LogP contribution is 2.29. The molecule has 0 aliphatic heterocycles. The highest BCUT2D eigenvalue weighted by Gasteiger charge is 2.14. The summed E-state index contributed by atoms with van der Waals surface area (Å²) in [5.41, 5.74) is 0.687. The third-order valence-corrected chi connectivity index (χ3v) is 2.87. The second-order valence-electron chi connectivity index (χ2n) is 3.49. The highest BCUT2D eigenvalue weighted by atomic mass is 32.2. The van der Waals surface area contributed by atoms with Crippen LogP contribution in [0.3, 0.4) is 0 Å². The van der Waals surface area contributed by atoms with Crippen molar-refractivity contribution >= 4 is 17.6 Å². The molecular weight excluding hydrogens is 260 g/mol. The number of anilines is 1. The van der Waals surface area contributed by atoms with Crippen molar-refractivity contribution in [3.8, 4) is 0 Å². The smallest absolute Gasteiger partial charge is 0.262 e. The SMILES string of the molecule is CCNc1nc(Sc2nc(C)co2)c(F)cc1F. The van der Waals surface area contributed by atoms with Crippen LogP contribution in [0.15, 0.2) is 27.0 Å². The lowest BCUT2D eigenvalue weighted by molar-refractivity contribution is 0.452. The summed E-state index contributed by atoms with van der Waals surface area (Å²) in [5.74, 6) is -1.44. The van der Waals surface area contributed by atoms with Gasteiger partial charge in [0.2, 0.25) is 0 Å². The maximum absolute atomic E-state index is 13.5. The molecule has 96 valence electrons. The molecule has 0 fully saturated rings. The van der Waals surface area contributed by atoms with E-state index in [1.807, 2.05) is 0 Å². The summed E-state index contributed by atoms with van der Waals surface area (Å²) in [5, 5.41) is 3.01. The van der Waals surface area contributed by atoms with Gasteiger partial charge in [0.1, 0.15) is 11.3 Å². The van der Waals surface area contributed by atoms with Gasteiger partial charge in [0.15, 0.2) is 17.5 Å². The Bertz CT molecular complexity index is 559. The third kappa shape index (κ3) is 2.79. The Morgan fingerprint density at radius 2 is 2.11 bits per heavy atom. The second-order valence-corrected chi connectivity index (χ2v) is 4.43. The van der Waals surface area contributed by atoms with E-state index in [0.717, 1.165) is 17.8 Å². The fraction of sp³-hybridized carbons (Fsp3) is 0.273. The molecule has 18 heavy (non-hydrogen) atoms. The fourth-order valence-electron chi connectivity index (χ4n) is 1.27. The number of nitrogens with one attached hydrogen (secondary N) is 1. The van der Waals surface area contributed by atoms with Crippen molar-refractivity contribution in [3.05, 3.63) is 29.7 Å². The van der Waals surface area contributed by atoms with Crippen LogP contribution in [0, 0.1) is 18.6 Å². The number of hydrogen-bond donors (Lipinski definition) is 1. The van der Waals surface area contributed by atoms with E-state index in [0.29, 0.717) is 12.2 Å². The van der Waals surface area contributed by atoms with Crippen molar-refractivity contribution in [1.29, 1.82) is 0 Å². The Labute approximate surface area is 107 Å². The summed E-state index contributed by atoms with van der Waals surface area (Å²) < 4.78 is 32.0. The Kier molecular flexibility index (Phi) is 3.81. The van der Waals surface area contributed by atoms with E-state index in [-0.39, 0.29) is 16.1 Å². The quantitative estimate of drug-likeness (QED) is 0.925. The minimum absolute atomic E-state index is 0.0182. The maximum atomic E-state index is 13.5. The first-order valence-corrected chi connectivity index (χ1v) is 6.11. The molecule has 2 aromatic heterocycles. The summed E-state index contributed by atoms with van der Waals surface area (Å²) in [4.78, 5) is 7.89. The predicted molar refractivity (Wildman–Crippen MR) is 63.7 cm³/mol. The van der Waals surface area contributed by atoms with E-state index in [2.05, 4.69) is 15.3 Å². The lowest BCUT2D eigenvalue weighted by atomic mass is 10.4. The molecule has 0 bridgehead atoms. The standard InChI is InChI=1S/C11H11F2N3OS/c1-3-14-9-7(12)4-8(13)10(16-9)18-11-15-6(2)5-17-11/h4-5H,3H2,1-2H3,(H,14,16). The Hall–Kier alpha value is -1.63. The minimum atomic E-state index is -0.741. The zero-order valence-corrected chi connectivity index (χ0v) is 10.6. The Morgan fingerprint density at radius 3 is 2.72 bits per heavy atom. The number of aromatic nitrogens is 2. The zero-order valence-electron chi connectivity index (χ0n) is 9.83. The number of rotatable bonds is 4. The van der Waals surface area contributed by atoms with Gasteiger partial charge in [-0.2, -0.15) is 0 Å².